The van der Waals surface area contributed by atoms with Crippen molar-refractivity contribution in [1.82, 2.24) is 0 Å². The molecule has 1 aliphatic rings. The van der Waals surface area contributed by atoms with Crippen molar-refractivity contribution in [3.05, 3.63) is 41.5 Å². The van der Waals surface area contributed by atoms with E-state index in [1.54, 1.807) is 19.1 Å². The molecule has 1 saturated heterocycles. The molecule has 2 aromatic rings. The van der Waals surface area contributed by atoms with Crippen molar-refractivity contribution < 1.29 is 85.6 Å². The highest BCUT2D eigenvalue weighted by atomic mass is 16.7. The lowest BCUT2D eigenvalue weighted by Gasteiger charge is -2.43. The molecule has 0 aromatic heterocycles. The maximum Gasteiger partial charge on any atom is 0.303 e. The summed E-state index contributed by atoms with van der Waals surface area (Å²) in [5.41, 5.74) is 1.08. The number of hydrogen-bond donors (Lipinski definition) is 0. The fourth-order valence-corrected chi connectivity index (χ4v) is 5.91. The van der Waals surface area contributed by atoms with E-state index < -0.39 is 79.4 Å². The predicted molar refractivity (Wildman–Crippen MR) is 195 cm³/mol. The Morgan fingerprint density at radius 2 is 1.21 bits per heavy atom. The predicted octanol–water partition coefficient (Wildman–Crippen LogP) is 3.74. The number of carbonyl (C=O) groups is 6. The van der Waals surface area contributed by atoms with Gasteiger partial charge in [0.05, 0.1) is 34.0 Å². The third-order valence-electron chi connectivity index (χ3n) is 8.18. The Kier molecular flexibility index (Phi) is 17.2. The minimum absolute atomic E-state index is 0.0507. The molecule has 314 valence electrons. The van der Waals surface area contributed by atoms with E-state index in [9.17, 15) is 28.8 Å². The van der Waals surface area contributed by atoms with E-state index in [1.165, 1.54) is 67.2 Å². The monoisotopic (exact) mass is 806 g/mol. The van der Waals surface area contributed by atoms with Gasteiger partial charge in [-0.15, -0.1) is 0 Å². The lowest BCUT2D eigenvalue weighted by atomic mass is 9.98. The molecule has 3 rings (SSSR count). The van der Waals surface area contributed by atoms with Crippen molar-refractivity contribution in [3.8, 4) is 28.7 Å². The van der Waals surface area contributed by atoms with Crippen molar-refractivity contribution in [2.24, 2.45) is 0 Å². The first-order chi connectivity index (χ1) is 27.0. The van der Waals surface area contributed by atoms with Crippen LogP contribution in [0, 0.1) is 0 Å². The molecule has 1 fully saturated rings. The largest absolute Gasteiger partial charge is 0.493 e. The van der Waals surface area contributed by atoms with Gasteiger partial charge in [-0.3, -0.25) is 28.8 Å². The summed E-state index contributed by atoms with van der Waals surface area (Å²) >= 11 is 0. The quantitative estimate of drug-likeness (QED) is 0.112. The Morgan fingerprint density at radius 1 is 0.649 bits per heavy atom. The summed E-state index contributed by atoms with van der Waals surface area (Å²) in [6.07, 6.45) is -7.61. The first-order valence-corrected chi connectivity index (χ1v) is 17.8. The van der Waals surface area contributed by atoms with E-state index in [1.807, 2.05) is 0 Å². The molecular weight excluding hydrogens is 756 g/mol. The maximum atomic E-state index is 12.6. The highest BCUT2D eigenvalue weighted by Crippen LogP contribution is 2.42. The topological polar surface area (TPSA) is 213 Å². The molecule has 18 nitrogen and oxygen atoms in total. The molecule has 0 amide bonds. The average Bonchev–Trinajstić information content (AvgIpc) is 3.13. The van der Waals surface area contributed by atoms with E-state index in [-0.39, 0.29) is 41.3 Å². The summed E-state index contributed by atoms with van der Waals surface area (Å²) in [6, 6.07) is 7.88. The SMILES string of the molecule is COc1cc(C(OC(C)=O)C(COC(C)=O)Oc2c(OC)cc(CCCOC(C)=O)cc2OC)ccc1O[C@@H]1O[C@@H](C)[C@H](OC(C)=O)[C@@H](OC(C)=O)[C@H]1OC(C)=O. The van der Waals surface area contributed by atoms with Crippen LogP contribution in [-0.2, 0) is 68.3 Å². The molecule has 0 N–H and O–H groups in total. The zero-order chi connectivity index (χ0) is 42.4. The molecule has 2 unspecified atom stereocenters. The van der Waals surface area contributed by atoms with Gasteiger partial charge in [0.15, 0.2) is 47.4 Å². The number of benzene rings is 2. The van der Waals surface area contributed by atoms with Crippen molar-refractivity contribution in [1.29, 1.82) is 0 Å². The van der Waals surface area contributed by atoms with E-state index in [0.29, 0.717) is 18.4 Å². The Labute approximate surface area is 330 Å². The van der Waals surface area contributed by atoms with Gasteiger partial charge in [-0.05, 0) is 49.6 Å². The minimum Gasteiger partial charge on any atom is -0.493 e. The van der Waals surface area contributed by atoms with Gasteiger partial charge in [0.1, 0.15) is 6.61 Å². The number of ether oxygens (including phenoxy) is 12. The molecule has 0 aliphatic carbocycles. The number of hydrogen-bond acceptors (Lipinski definition) is 18. The van der Waals surface area contributed by atoms with Crippen LogP contribution in [0.2, 0.25) is 0 Å². The Hall–Kier alpha value is -5.78. The van der Waals surface area contributed by atoms with E-state index in [2.05, 4.69) is 0 Å². The standard InChI is InChI=1S/C39H50O18/c1-20-34(52-23(4)42)37(54-25(6)44)38(55-26(7)45)39(51-20)57-29-14-13-28(18-30(29)46-8)35(53-24(5)43)33(19-50-22(3)41)56-36-31(47-9)16-27(17-32(36)48-10)12-11-15-49-21(2)40/h13-14,16-18,20,33-35,37-39H,11-12,15,19H2,1-10H3/t20-,33?,34-,35?,37+,38+,39-/m0/s1. The van der Waals surface area contributed by atoms with Crippen LogP contribution in [0.4, 0.5) is 0 Å². The number of methoxy groups -OCH3 is 3. The number of aryl methyl sites for hydroxylation is 1. The second kappa shape index (κ2) is 21.5. The summed E-state index contributed by atoms with van der Waals surface area (Å²) in [7, 11) is 4.19. The molecule has 2 aromatic carbocycles. The maximum absolute atomic E-state index is 12.6. The first kappa shape index (κ1) is 45.6. The summed E-state index contributed by atoms with van der Waals surface area (Å²) < 4.78 is 68.0. The lowest BCUT2D eigenvalue weighted by Crippen LogP contribution is -2.62. The van der Waals surface area contributed by atoms with Crippen LogP contribution in [0.15, 0.2) is 30.3 Å². The van der Waals surface area contributed by atoms with Crippen molar-refractivity contribution in [3.63, 3.8) is 0 Å². The Bertz CT molecular complexity index is 1710. The van der Waals surface area contributed by atoms with Crippen molar-refractivity contribution in [2.75, 3.05) is 34.5 Å². The van der Waals surface area contributed by atoms with Crippen LogP contribution in [0.25, 0.3) is 0 Å². The molecule has 18 heteroatoms. The minimum atomic E-state index is -1.41. The van der Waals surface area contributed by atoms with Gasteiger partial charge in [0.25, 0.3) is 0 Å². The summed E-state index contributed by atoms with van der Waals surface area (Å²) in [6.45, 7) is 8.53. The van der Waals surface area contributed by atoms with Gasteiger partial charge < -0.3 is 56.8 Å². The van der Waals surface area contributed by atoms with Crippen molar-refractivity contribution >= 4 is 35.8 Å². The van der Waals surface area contributed by atoms with Crippen LogP contribution >= 0.6 is 0 Å². The van der Waals surface area contributed by atoms with Crippen molar-refractivity contribution in [2.45, 2.75) is 104 Å². The second-order valence-corrected chi connectivity index (χ2v) is 12.7. The third-order valence-corrected chi connectivity index (χ3v) is 8.18. The zero-order valence-electron chi connectivity index (χ0n) is 33.6. The van der Waals surface area contributed by atoms with Crippen LogP contribution < -0.4 is 23.7 Å². The highest BCUT2D eigenvalue weighted by molar-refractivity contribution is 5.69. The number of carbonyl (C=O) groups excluding carboxylic acids is 6. The van der Waals surface area contributed by atoms with Gasteiger partial charge in [0, 0.05) is 47.1 Å². The fourth-order valence-electron chi connectivity index (χ4n) is 5.91. The number of rotatable bonds is 19. The van der Waals surface area contributed by atoms with Gasteiger partial charge in [-0.1, -0.05) is 6.07 Å². The molecular formula is C39H50O18. The molecule has 1 aliphatic heterocycles. The molecule has 1 heterocycles. The van der Waals surface area contributed by atoms with Gasteiger partial charge in [0.2, 0.25) is 18.1 Å². The van der Waals surface area contributed by atoms with E-state index in [4.69, 9.17) is 56.8 Å². The van der Waals surface area contributed by atoms with Gasteiger partial charge in [-0.2, -0.15) is 0 Å². The Balaban J connectivity index is 2.05. The van der Waals surface area contributed by atoms with Crippen LogP contribution in [-0.4, -0.2) is 107 Å². The summed E-state index contributed by atoms with van der Waals surface area (Å²) in [4.78, 5) is 72.1. The lowest BCUT2D eigenvalue weighted by molar-refractivity contribution is -0.280. The van der Waals surface area contributed by atoms with Gasteiger partial charge >= 0.3 is 35.8 Å². The molecule has 57 heavy (non-hydrogen) atoms. The van der Waals surface area contributed by atoms with Crippen LogP contribution in [0.5, 0.6) is 28.7 Å². The van der Waals surface area contributed by atoms with Gasteiger partial charge in [-0.25, -0.2) is 0 Å². The molecule has 7 atom stereocenters. The molecule has 0 radical (unpaired) electrons. The average molecular weight is 807 g/mol. The van der Waals surface area contributed by atoms with Crippen LogP contribution in [0.3, 0.4) is 0 Å². The summed E-state index contributed by atoms with van der Waals surface area (Å²) in [5, 5.41) is 0. The first-order valence-electron chi connectivity index (χ1n) is 17.8. The van der Waals surface area contributed by atoms with Crippen LogP contribution in [0.1, 0.15) is 72.1 Å². The number of esters is 6. The molecule has 0 spiro atoms. The smallest absolute Gasteiger partial charge is 0.303 e. The molecule has 0 saturated carbocycles. The Morgan fingerprint density at radius 3 is 1.74 bits per heavy atom. The molecule has 0 bridgehead atoms. The zero-order valence-corrected chi connectivity index (χ0v) is 33.6. The fraction of sp³-hybridized carbons (Fsp3) is 0.538. The van der Waals surface area contributed by atoms with E-state index in [0.717, 1.165) is 19.4 Å². The van der Waals surface area contributed by atoms with E-state index >= 15 is 0 Å². The summed E-state index contributed by atoms with van der Waals surface area (Å²) in [5.74, 6) is -3.19. The second-order valence-electron chi connectivity index (χ2n) is 12.7. The normalized spacial score (nSPS) is 19.7. The third kappa shape index (κ3) is 13.4. The highest BCUT2D eigenvalue weighted by Gasteiger charge is 2.52.